The van der Waals surface area contributed by atoms with Gasteiger partial charge in [-0.2, -0.15) is 5.26 Å². The smallest absolute Gasteiger partial charge is 0.148 e. The van der Waals surface area contributed by atoms with Gasteiger partial charge in [0, 0.05) is 6.07 Å². The van der Waals surface area contributed by atoms with E-state index in [-0.39, 0.29) is 17.4 Å². The van der Waals surface area contributed by atoms with E-state index < -0.39 is 5.82 Å². The predicted octanol–water partition coefficient (Wildman–Crippen LogP) is 3.86. The number of nitrogens with zero attached hydrogens (tertiary/aromatic N) is 1. The number of nitriles is 1. The van der Waals surface area contributed by atoms with Crippen molar-refractivity contribution >= 4 is 5.69 Å². The fourth-order valence-corrected chi connectivity index (χ4v) is 1.76. The van der Waals surface area contributed by atoms with Gasteiger partial charge in [0.05, 0.1) is 11.8 Å². The SMILES string of the molecule is CC(C)Oc1cc(Oc2cccc(F)c2C#N)ccc1N. The number of rotatable bonds is 4. The van der Waals surface area contributed by atoms with Crippen molar-refractivity contribution in [2.24, 2.45) is 0 Å². The highest BCUT2D eigenvalue weighted by atomic mass is 19.1. The summed E-state index contributed by atoms with van der Waals surface area (Å²) in [5.74, 6) is 0.432. The van der Waals surface area contributed by atoms with E-state index in [0.29, 0.717) is 17.2 Å². The first-order valence-corrected chi connectivity index (χ1v) is 6.44. The van der Waals surface area contributed by atoms with Crippen molar-refractivity contribution in [3.63, 3.8) is 0 Å². The predicted molar refractivity (Wildman–Crippen MR) is 77.8 cm³/mol. The first-order chi connectivity index (χ1) is 10.0. The second-order valence-electron chi connectivity index (χ2n) is 4.69. The molecule has 0 spiro atoms. The molecule has 2 aromatic carbocycles. The molecule has 5 heteroatoms. The molecule has 0 fully saturated rings. The lowest BCUT2D eigenvalue weighted by Crippen LogP contribution is -2.07. The van der Waals surface area contributed by atoms with Gasteiger partial charge in [-0.15, -0.1) is 0 Å². The molecule has 2 aromatic rings. The van der Waals surface area contributed by atoms with Crippen LogP contribution in [0, 0.1) is 17.1 Å². The molecule has 0 atom stereocenters. The fraction of sp³-hybridized carbons (Fsp3) is 0.188. The minimum absolute atomic E-state index is 0.0358. The van der Waals surface area contributed by atoms with Gasteiger partial charge in [-0.3, -0.25) is 0 Å². The maximum atomic E-state index is 13.5. The zero-order chi connectivity index (χ0) is 15.4. The normalized spacial score (nSPS) is 10.2. The summed E-state index contributed by atoms with van der Waals surface area (Å²) in [6.45, 7) is 3.76. The number of hydrogen-bond donors (Lipinski definition) is 1. The Bertz CT molecular complexity index is 693. The van der Waals surface area contributed by atoms with Gasteiger partial charge in [-0.25, -0.2) is 4.39 Å². The first-order valence-electron chi connectivity index (χ1n) is 6.44. The van der Waals surface area contributed by atoms with Crippen LogP contribution in [0.25, 0.3) is 0 Å². The topological polar surface area (TPSA) is 68.3 Å². The van der Waals surface area contributed by atoms with Crippen molar-refractivity contribution in [3.8, 4) is 23.3 Å². The lowest BCUT2D eigenvalue weighted by atomic mass is 10.2. The molecule has 0 aromatic heterocycles. The van der Waals surface area contributed by atoms with Crippen molar-refractivity contribution in [1.29, 1.82) is 5.26 Å². The Morgan fingerprint density at radius 3 is 2.62 bits per heavy atom. The zero-order valence-electron chi connectivity index (χ0n) is 11.8. The molecule has 0 aliphatic rings. The van der Waals surface area contributed by atoms with E-state index in [1.165, 1.54) is 18.2 Å². The summed E-state index contributed by atoms with van der Waals surface area (Å²) >= 11 is 0. The van der Waals surface area contributed by atoms with Crippen molar-refractivity contribution < 1.29 is 13.9 Å². The Kier molecular flexibility index (Phi) is 4.29. The molecule has 0 unspecified atom stereocenters. The molecule has 108 valence electrons. The van der Waals surface area contributed by atoms with Gasteiger partial charge >= 0.3 is 0 Å². The maximum absolute atomic E-state index is 13.5. The van der Waals surface area contributed by atoms with E-state index in [0.717, 1.165) is 0 Å². The summed E-state index contributed by atoms with van der Waals surface area (Å²) in [6.07, 6.45) is -0.0358. The molecule has 0 saturated carbocycles. The number of hydrogen-bond acceptors (Lipinski definition) is 4. The Balaban J connectivity index is 2.33. The quantitative estimate of drug-likeness (QED) is 0.866. The molecule has 0 aliphatic carbocycles. The van der Waals surface area contributed by atoms with Gasteiger partial charge in [0.1, 0.15) is 34.7 Å². The summed E-state index contributed by atoms with van der Waals surface area (Å²) in [5.41, 5.74) is 6.16. The van der Waals surface area contributed by atoms with Crippen LogP contribution >= 0.6 is 0 Å². The highest BCUT2D eigenvalue weighted by Gasteiger charge is 2.11. The van der Waals surface area contributed by atoms with Crippen LogP contribution in [0.5, 0.6) is 17.2 Å². The van der Waals surface area contributed by atoms with Gasteiger partial charge in [0.2, 0.25) is 0 Å². The zero-order valence-corrected chi connectivity index (χ0v) is 11.8. The van der Waals surface area contributed by atoms with Crippen LogP contribution in [0.2, 0.25) is 0 Å². The first kappa shape index (κ1) is 14.7. The summed E-state index contributed by atoms with van der Waals surface area (Å²) < 4.78 is 24.6. The molecule has 0 heterocycles. The summed E-state index contributed by atoms with van der Waals surface area (Å²) in [4.78, 5) is 0. The number of anilines is 1. The Hall–Kier alpha value is -2.74. The standard InChI is InChI=1S/C16H15FN2O2/c1-10(2)20-16-8-11(6-7-14(16)19)21-15-5-3-4-13(17)12(15)9-18/h3-8,10H,19H2,1-2H3. The molecular formula is C16H15FN2O2. The third-order valence-corrected chi connectivity index (χ3v) is 2.66. The minimum Gasteiger partial charge on any atom is -0.489 e. The molecule has 2 rings (SSSR count). The monoisotopic (exact) mass is 286 g/mol. The van der Waals surface area contributed by atoms with E-state index >= 15 is 0 Å². The Morgan fingerprint density at radius 1 is 1.19 bits per heavy atom. The van der Waals surface area contributed by atoms with Crippen LogP contribution in [0.15, 0.2) is 36.4 Å². The molecule has 21 heavy (non-hydrogen) atoms. The number of nitrogens with two attached hydrogens (primary N) is 1. The number of halogens is 1. The molecular weight excluding hydrogens is 271 g/mol. The Labute approximate surface area is 122 Å². The van der Waals surface area contributed by atoms with Crippen LogP contribution < -0.4 is 15.2 Å². The summed E-state index contributed by atoms with van der Waals surface area (Å²) in [5, 5.41) is 8.98. The van der Waals surface area contributed by atoms with Crippen molar-refractivity contribution in [2.75, 3.05) is 5.73 Å². The van der Waals surface area contributed by atoms with Crippen molar-refractivity contribution in [3.05, 3.63) is 47.8 Å². The van der Waals surface area contributed by atoms with E-state index in [1.54, 1.807) is 24.3 Å². The summed E-state index contributed by atoms with van der Waals surface area (Å²) in [7, 11) is 0. The van der Waals surface area contributed by atoms with Gasteiger partial charge in [0.25, 0.3) is 0 Å². The van der Waals surface area contributed by atoms with Crippen LogP contribution in [0.1, 0.15) is 19.4 Å². The summed E-state index contributed by atoms with van der Waals surface area (Å²) in [6, 6.07) is 10.9. The number of nitrogen functional groups attached to an aromatic ring is 1. The third-order valence-electron chi connectivity index (χ3n) is 2.66. The van der Waals surface area contributed by atoms with E-state index in [4.69, 9.17) is 20.5 Å². The number of ether oxygens (including phenoxy) is 2. The maximum Gasteiger partial charge on any atom is 0.148 e. The molecule has 0 amide bonds. The van der Waals surface area contributed by atoms with Crippen LogP contribution in [-0.2, 0) is 0 Å². The molecule has 0 aliphatic heterocycles. The fourth-order valence-electron chi connectivity index (χ4n) is 1.76. The van der Waals surface area contributed by atoms with Crippen LogP contribution in [-0.4, -0.2) is 6.10 Å². The number of benzene rings is 2. The lowest BCUT2D eigenvalue weighted by molar-refractivity contribution is 0.243. The van der Waals surface area contributed by atoms with Gasteiger partial charge in [-0.05, 0) is 38.1 Å². The highest BCUT2D eigenvalue weighted by molar-refractivity contribution is 5.57. The molecule has 4 nitrogen and oxygen atoms in total. The van der Waals surface area contributed by atoms with Crippen molar-refractivity contribution in [1.82, 2.24) is 0 Å². The third kappa shape index (κ3) is 3.42. The molecule has 0 saturated heterocycles. The van der Waals surface area contributed by atoms with Crippen LogP contribution in [0.3, 0.4) is 0 Å². The lowest BCUT2D eigenvalue weighted by Gasteiger charge is -2.14. The van der Waals surface area contributed by atoms with E-state index in [2.05, 4.69) is 0 Å². The van der Waals surface area contributed by atoms with Gasteiger partial charge in [-0.1, -0.05) is 6.07 Å². The molecule has 0 radical (unpaired) electrons. The molecule has 2 N–H and O–H groups in total. The molecule has 0 bridgehead atoms. The van der Waals surface area contributed by atoms with Gasteiger partial charge < -0.3 is 15.2 Å². The largest absolute Gasteiger partial charge is 0.489 e. The van der Waals surface area contributed by atoms with Gasteiger partial charge in [0.15, 0.2) is 0 Å². The minimum atomic E-state index is -0.621. The van der Waals surface area contributed by atoms with E-state index in [1.807, 2.05) is 13.8 Å². The second kappa shape index (κ2) is 6.14. The average Bonchev–Trinajstić information content (AvgIpc) is 2.42. The van der Waals surface area contributed by atoms with Crippen molar-refractivity contribution in [2.45, 2.75) is 20.0 Å². The average molecular weight is 286 g/mol. The van der Waals surface area contributed by atoms with Crippen LogP contribution in [0.4, 0.5) is 10.1 Å². The Morgan fingerprint density at radius 2 is 1.95 bits per heavy atom. The second-order valence-corrected chi connectivity index (χ2v) is 4.69. The highest BCUT2D eigenvalue weighted by Crippen LogP contribution is 2.32. The van der Waals surface area contributed by atoms with E-state index in [9.17, 15) is 4.39 Å².